The van der Waals surface area contributed by atoms with E-state index < -0.39 is 11.6 Å². The minimum Gasteiger partial charge on any atom is -0.487 e. The third kappa shape index (κ3) is 4.39. The Morgan fingerprint density at radius 2 is 1.97 bits per heavy atom. The summed E-state index contributed by atoms with van der Waals surface area (Å²) in [5, 5.41) is 4.63. The Morgan fingerprint density at radius 1 is 1.10 bits per heavy atom. The Balaban J connectivity index is 1.33. The third-order valence-electron chi connectivity index (χ3n) is 5.82. The Morgan fingerprint density at radius 3 is 2.74 bits per heavy atom. The summed E-state index contributed by atoms with van der Waals surface area (Å²) >= 11 is 0. The number of aromatic nitrogens is 2. The molecule has 2 aliphatic rings. The second kappa shape index (κ2) is 8.63. The molecule has 2 fully saturated rings. The molecule has 0 aliphatic carbocycles. The molecule has 4 heterocycles. The Bertz CT molecular complexity index is 1070. The normalized spacial score (nSPS) is 19.7. The highest BCUT2D eigenvalue weighted by Gasteiger charge is 2.26. The monoisotopic (exact) mass is 426 g/mol. The fourth-order valence-corrected chi connectivity index (χ4v) is 4.16. The fourth-order valence-electron chi connectivity index (χ4n) is 4.16. The molecule has 0 radical (unpaired) electrons. The van der Waals surface area contributed by atoms with Crippen molar-refractivity contribution in [3.05, 3.63) is 54.4 Å². The average molecular weight is 426 g/mol. The number of nitrogens with zero attached hydrogens (tertiary/aromatic N) is 3. The van der Waals surface area contributed by atoms with E-state index in [9.17, 15) is 8.78 Å². The number of hydrogen-bond donors (Lipinski definition) is 1. The first-order valence-corrected chi connectivity index (χ1v) is 10.6. The molecule has 6 nitrogen and oxygen atoms in total. The lowest BCUT2D eigenvalue weighted by Crippen LogP contribution is -2.39. The van der Waals surface area contributed by atoms with Crippen molar-refractivity contribution in [2.45, 2.75) is 31.4 Å². The maximum Gasteiger partial charge on any atom is 0.167 e. The van der Waals surface area contributed by atoms with E-state index >= 15 is 0 Å². The number of piperidine rings is 1. The Kier molecular flexibility index (Phi) is 5.55. The largest absolute Gasteiger partial charge is 0.487 e. The zero-order chi connectivity index (χ0) is 21.2. The minimum atomic E-state index is -0.670. The van der Waals surface area contributed by atoms with E-state index in [1.54, 1.807) is 12.4 Å². The molecule has 2 aliphatic heterocycles. The van der Waals surface area contributed by atoms with Gasteiger partial charge in [-0.1, -0.05) is 0 Å². The molecule has 2 saturated heterocycles. The number of anilines is 2. The van der Waals surface area contributed by atoms with E-state index in [0.717, 1.165) is 67.4 Å². The van der Waals surface area contributed by atoms with E-state index in [1.165, 1.54) is 12.1 Å². The van der Waals surface area contributed by atoms with Gasteiger partial charge in [0.25, 0.3) is 0 Å². The van der Waals surface area contributed by atoms with Gasteiger partial charge in [0, 0.05) is 50.2 Å². The SMILES string of the molecule is Fc1ccc(OC2CCN(c3nc4cnccc4cc3N[C@H]3CCOC3)CC2)c(F)c1. The van der Waals surface area contributed by atoms with Crippen LogP contribution in [0.15, 0.2) is 42.7 Å². The van der Waals surface area contributed by atoms with E-state index in [0.29, 0.717) is 6.61 Å². The van der Waals surface area contributed by atoms with Crippen LogP contribution in [0.4, 0.5) is 20.3 Å². The van der Waals surface area contributed by atoms with Crippen molar-refractivity contribution in [1.29, 1.82) is 0 Å². The van der Waals surface area contributed by atoms with Crippen LogP contribution in [0, 0.1) is 11.6 Å². The summed E-state index contributed by atoms with van der Waals surface area (Å²) in [7, 11) is 0. The second-order valence-electron chi connectivity index (χ2n) is 8.01. The molecule has 5 rings (SSSR count). The topological polar surface area (TPSA) is 59.5 Å². The van der Waals surface area contributed by atoms with Gasteiger partial charge >= 0.3 is 0 Å². The molecule has 2 aromatic heterocycles. The van der Waals surface area contributed by atoms with Crippen LogP contribution in [0.1, 0.15) is 19.3 Å². The van der Waals surface area contributed by atoms with E-state index in [2.05, 4.69) is 21.3 Å². The Labute approximate surface area is 179 Å². The quantitative estimate of drug-likeness (QED) is 0.661. The molecule has 0 bridgehead atoms. The molecular formula is C23H24F2N4O2. The molecular weight excluding hydrogens is 402 g/mol. The number of hydrogen-bond acceptors (Lipinski definition) is 6. The van der Waals surface area contributed by atoms with Crippen LogP contribution in [-0.2, 0) is 4.74 Å². The molecule has 162 valence electrons. The van der Waals surface area contributed by atoms with Crippen LogP contribution < -0.4 is 15.0 Å². The second-order valence-corrected chi connectivity index (χ2v) is 8.01. The summed E-state index contributed by atoms with van der Waals surface area (Å²) in [6.07, 6.45) is 5.81. The fraction of sp³-hybridized carbons (Fsp3) is 0.391. The van der Waals surface area contributed by atoms with Crippen LogP contribution in [-0.4, -0.2) is 48.4 Å². The zero-order valence-electron chi connectivity index (χ0n) is 17.1. The van der Waals surface area contributed by atoms with Crippen LogP contribution in [0.25, 0.3) is 10.9 Å². The predicted octanol–water partition coefficient (Wildman–Crippen LogP) is 4.16. The number of rotatable bonds is 5. The molecule has 8 heteroatoms. The third-order valence-corrected chi connectivity index (χ3v) is 5.82. The summed E-state index contributed by atoms with van der Waals surface area (Å²) in [6.45, 7) is 2.90. The van der Waals surface area contributed by atoms with Crippen molar-refractivity contribution in [2.24, 2.45) is 0 Å². The van der Waals surface area contributed by atoms with Crippen LogP contribution >= 0.6 is 0 Å². The minimum absolute atomic E-state index is 0.0957. The van der Waals surface area contributed by atoms with Crippen molar-refractivity contribution >= 4 is 22.4 Å². The van der Waals surface area contributed by atoms with Crippen molar-refractivity contribution in [1.82, 2.24) is 9.97 Å². The van der Waals surface area contributed by atoms with Gasteiger partial charge in [0.2, 0.25) is 0 Å². The van der Waals surface area contributed by atoms with Crippen molar-refractivity contribution in [3.8, 4) is 5.75 Å². The zero-order valence-corrected chi connectivity index (χ0v) is 17.1. The summed E-state index contributed by atoms with van der Waals surface area (Å²) in [6, 6.07) is 7.75. The Hall–Kier alpha value is -3.00. The molecule has 0 saturated carbocycles. The van der Waals surface area contributed by atoms with E-state index in [1.807, 2.05) is 6.07 Å². The van der Waals surface area contributed by atoms with Gasteiger partial charge in [0.1, 0.15) is 11.9 Å². The highest BCUT2D eigenvalue weighted by Crippen LogP contribution is 2.32. The van der Waals surface area contributed by atoms with Crippen LogP contribution in [0.3, 0.4) is 0 Å². The maximum absolute atomic E-state index is 13.9. The molecule has 3 aromatic rings. The number of nitrogens with one attached hydrogen (secondary N) is 1. The van der Waals surface area contributed by atoms with Gasteiger partial charge in [-0.05, 0) is 30.7 Å². The first kappa shape index (κ1) is 19.9. The van der Waals surface area contributed by atoms with Crippen molar-refractivity contribution in [2.75, 3.05) is 36.5 Å². The number of pyridine rings is 2. The number of benzene rings is 1. The summed E-state index contributed by atoms with van der Waals surface area (Å²) in [5.74, 6) is -0.294. The van der Waals surface area contributed by atoms with E-state index in [4.69, 9.17) is 14.5 Å². The average Bonchev–Trinajstić information content (AvgIpc) is 3.29. The number of ether oxygens (including phenoxy) is 2. The van der Waals surface area contributed by atoms with Gasteiger partial charge in [-0.3, -0.25) is 4.98 Å². The maximum atomic E-state index is 13.9. The molecule has 0 spiro atoms. The van der Waals surface area contributed by atoms with Gasteiger partial charge in [0.05, 0.1) is 30.0 Å². The van der Waals surface area contributed by atoms with Gasteiger partial charge in [-0.25, -0.2) is 13.8 Å². The summed E-state index contributed by atoms with van der Waals surface area (Å²) in [5.41, 5.74) is 1.83. The highest BCUT2D eigenvalue weighted by atomic mass is 19.1. The highest BCUT2D eigenvalue weighted by molar-refractivity contribution is 5.86. The van der Waals surface area contributed by atoms with Gasteiger partial charge in [-0.2, -0.15) is 0 Å². The lowest BCUT2D eigenvalue weighted by atomic mass is 10.1. The molecule has 0 unspecified atom stereocenters. The lowest BCUT2D eigenvalue weighted by molar-refractivity contribution is 0.163. The lowest BCUT2D eigenvalue weighted by Gasteiger charge is -2.34. The molecule has 1 atom stereocenters. The predicted molar refractivity (Wildman–Crippen MR) is 115 cm³/mol. The van der Waals surface area contributed by atoms with Crippen LogP contribution in [0.5, 0.6) is 5.75 Å². The summed E-state index contributed by atoms with van der Waals surface area (Å²) < 4.78 is 38.4. The first-order valence-electron chi connectivity index (χ1n) is 10.6. The molecule has 31 heavy (non-hydrogen) atoms. The molecule has 1 N–H and O–H groups in total. The van der Waals surface area contributed by atoms with Crippen molar-refractivity contribution in [3.63, 3.8) is 0 Å². The first-order chi connectivity index (χ1) is 15.2. The molecule has 0 amide bonds. The van der Waals surface area contributed by atoms with Crippen LogP contribution in [0.2, 0.25) is 0 Å². The molecule has 1 aromatic carbocycles. The number of fused-ring (bicyclic) bond motifs is 1. The van der Waals surface area contributed by atoms with Gasteiger partial charge < -0.3 is 19.7 Å². The number of halogens is 2. The summed E-state index contributed by atoms with van der Waals surface area (Å²) in [4.78, 5) is 11.3. The van der Waals surface area contributed by atoms with Crippen molar-refractivity contribution < 1.29 is 18.3 Å². The standard InChI is InChI=1S/C23H24F2N4O2/c24-16-1-2-22(19(25)12-16)31-18-4-8-29(9-5-18)23-20(27-17-6-10-30-14-17)11-15-3-7-26-13-21(15)28-23/h1-3,7,11-13,17-18,27H,4-6,8-10,14H2/t17-/m0/s1. The smallest absolute Gasteiger partial charge is 0.167 e. The van der Waals surface area contributed by atoms with Gasteiger partial charge in [-0.15, -0.1) is 0 Å². The van der Waals surface area contributed by atoms with Gasteiger partial charge in [0.15, 0.2) is 17.4 Å². The van der Waals surface area contributed by atoms with E-state index in [-0.39, 0.29) is 17.9 Å².